The van der Waals surface area contributed by atoms with Crippen molar-refractivity contribution in [3.8, 4) is 0 Å². The quantitative estimate of drug-likeness (QED) is 0.593. The number of aliphatic hydroxyl groups is 1. The van der Waals surface area contributed by atoms with Gasteiger partial charge in [-0.25, -0.2) is 0 Å². The second-order valence-electron chi connectivity index (χ2n) is 5.39. The number of Topliss-reactive ketones (excluding diaryl/α,β-unsaturated/α-hetero) is 1. The van der Waals surface area contributed by atoms with Crippen molar-refractivity contribution in [2.24, 2.45) is 0 Å². The molecule has 0 aliphatic heterocycles. The standard InChI is InChI=1S/C18H24O2/c1-14(2)8-7-9-15(3)12-17(19)13-18(20)16-10-5-4-6-11-16/h4-6,8,10-12,17,19H,7,9,13H2,1-3H3/b15-12+. The maximum absolute atomic E-state index is 11.9. The van der Waals surface area contributed by atoms with Gasteiger partial charge in [-0.3, -0.25) is 4.79 Å². The van der Waals surface area contributed by atoms with Gasteiger partial charge in [-0.05, 0) is 33.6 Å². The molecule has 0 bridgehead atoms. The van der Waals surface area contributed by atoms with E-state index in [4.69, 9.17) is 0 Å². The molecular weight excluding hydrogens is 248 g/mol. The van der Waals surface area contributed by atoms with Gasteiger partial charge in [0.15, 0.2) is 5.78 Å². The van der Waals surface area contributed by atoms with Crippen molar-refractivity contribution in [1.82, 2.24) is 0 Å². The maximum atomic E-state index is 11.9. The molecule has 1 aromatic carbocycles. The predicted molar refractivity (Wildman–Crippen MR) is 83.8 cm³/mol. The Bertz CT molecular complexity index is 479. The molecule has 0 heterocycles. The van der Waals surface area contributed by atoms with Crippen molar-refractivity contribution in [1.29, 1.82) is 0 Å². The van der Waals surface area contributed by atoms with Crippen LogP contribution in [-0.2, 0) is 0 Å². The minimum absolute atomic E-state index is 0.0218. The number of hydrogen-bond donors (Lipinski definition) is 1. The zero-order chi connectivity index (χ0) is 15.0. The number of carbonyl (C=O) groups excluding carboxylic acids is 1. The molecule has 108 valence electrons. The van der Waals surface area contributed by atoms with Crippen LogP contribution < -0.4 is 0 Å². The number of aliphatic hydroxyl groups excluding tert-OH is 1. The van der Waals surface area contributed by atoms with Crippen LogP contribution in [-0.4, -0.2) is 17.0 Å². The van der Waals surface area contributed by atoms with Crippen LogP contribution in [0.5, 0.6) is 0 Å². The normalized spacial score (nSPS) is 12.9. The van der Waals surface area contributed by atoms with E-state index >= 15 is 0 Å². The molecule has 0 fully saturated rings. The lowest BCUT2D eigenvalue weighted by Crippen LogP contribution is -2.11. The summed E-state index contributed by atoms with van der Waals surface area (Å²) in [6.45, 7) is 6.15. The Balaban J connectivity index is 2.48. The number of ketones is 1. The molecule has 1 N–H and O–H groups in total. The van der Waals surface area contributed by atoms with E-state index < -0.39 is 6.10 Å². The Labute approximate surface area is 121 Å². The van der Waals surface area contributed by atoms with Gasteiger partial charge in [-0.15, -0.1) is 0 Å². The number of allylic oxidation sites excluding steroid dienone is 3. The second-order valence-corrected chi connectivity index (χ2v) is 5.39. The first-order chi connectivity index (χ1) is 9.49. The molecule has 0 saturated carbocycles. The fourth-order valence-electron chi connectivity index (χ4n) is 1.99. The Morgan fingerprint density at radius 1 is 1.20 bits per heavy atom. The molecule has 1 aromatic rings. The topological polar surface area (TPSA) is 37.3 Å². The van der Waals surface area contributed by atoms with Crippen LogP contribution >= 0.6 is 0 Å². The monoisotopic (exact) mass is 272 g/mol. The number of hydrogen-bond acceptors (Lipinski definition) is 2. The molecule has 0 aromatic heterocycles. The SMILES string of the molecule is CC(C)=CCC/C(C)=C/C(O)CC(=O)c1ccccc1. The highest BCUT2D eigenvalue weighted by molar-refractivity contribution is 5.96. The Hall–Kier alpha value is -1.67. The third kappa shape index (κ3) is 6.48. The van der Waals surface area contributed by atoms with Crippen LogP contribution in [0.1, 0.15) is 50.4 Å². The Kier molecular flexibility index (Phi) is 6.96. The van der Waals surface area contributed by atoms with Crippen molar-refractivity contribution in [2.75, 3.05) is 0 Å². The Morgan fingerprint density at radius 3 is 2.45 bits per heavy atom. The molecule has 20 heavy (non-hydrogen) atoms. The maximum Gasteiger partial charge on any atom is 0.165 e. The highest BCUT2D eigenvalue weighted by atomic mass is 16.3. The predicted octanol–water partition coefficient (Wildman–Crippen LogP) is 4.31. The lowest BCUT2D eigenvalue weighted by molar-refractivity contribution is 0.0922. The highest BCUT2D eigenvalue weighted by Gasteiger charge is 2.10. The van der Waals surface area contributed by atoms with Gasteiger partial charge >= 0.3 is 0 Å². The molecule has 1 rings (SSSR count). The third-order valence-corrected chi connectivity index (χ3v) is 3.06. The van der Waals surface area contributed by atoms with Crippen molar-refractivity contribution in [3.05, 3.63) is 59.2 Å². The molecule has 0 spiro atoms. The summed E-state index contributed by atoms with van der Waals surface area (Å²) in [6.07, 6.45) is 5.31. The molecule has 1 atom stereocenters. The summed E-state index contributed by atoms with van der Waals surface area (Å²) in [6, 6.07) is 9.10. The molecule has 1 unspecified atom stereocenters. The van der Waals surface area contributed by atoms with Gasteiger partial charge in [0.2, 0.25) is 0 Å². The van der Waals surface area contributed by atoms with Crippen LogP contribution in [0.15, 0.2) is 53.6 Å². The lowest BCUT2D eigenvalue weighted by Gasteiger charge is -2.07. The van der Waals surface area contributed by atoms with Gasteiger partial charge in [0.25, 0.3) is 0 Å². The van der Waals surface area contributed by atoms with Crippen molar-refractivity contribution >= 4 is 5.78 Å². The first-order valence-electron chi connectivity index (χ1n) is 7.06. The first-order valence-corrected chi connectivity index (χ1v) is 7.06. The summed E-state index contributed by atoms with van der Waals surface area (Å²) in [5.74, 6) is -0.0218. The summed E-state index contributed by atoms with van der Waals surface area (Å²) < 4.78 is 0. The van der Waals surface area contributed by atoms with Crippen LogP contribution in [0.4, 0.5) is 0 Å². The average Bonchev–Trinajstić information content (AvgIpc) is 2.38. The fourth-order valence-corrected chi connectivity index (χ4v) is 1.99. The third-order valence-electron chi connectivity index (χ3n) is 3.06. The van der Waals surface area contributed by atoms with Gasteiger partial charge in [0, 0.05) is 12.0 Å². The van der Waals surface area contributed by atoms with Gasteiger partial charge < -0.3 is 5.11 Å². The summed E-state index contributed by atoms with van der Waals surface area (Å²) in [4.78, 5) is 11.9. The van der Waals surface area contributed by atoms with E-state index in [-0.39, 0.29) is 12.2 Å². The number of rotatable bonds is 7. The fraction of sp³-hybridized carbons (Fsp3) is 0.389. The van der Waals surface area contributed by atoms with E-state index in [9.17, 15) is 9.90 Å². The van der Waals surface area contributed by atoms with E-state index in [0.717, 1.165) is 18.4 Å². The largest absolute Gasteiger partial charge is 0.389 e. The minimum Gasteiger partial charge on any atom is -0.389 e. The van der Waals surface area contributed by atoms with Crippen LogP contribution in [0.2, 0.25) is 0 Å². The first kappa shape index (κ1) is 16.4. The number of benzene rings is 1. The van der Waals surface area contributed by atoms with E-state index in [1.165, 1.54) is 5.57 Å². The molecule has 0 saturated heterocycles. The van der Waals surface area contributed by atoms with E-state index in [1.807, 2.05) is 25.1 Å². The summed E-state index contributed by atoms with van der Waals surface area (Å²) in [5.41, 5.74) is 3.08. The molecule has 0 radical (unpaired) electrons. The van der Waals surface area contributed by atoms with Crippen LogP contribution in [0.3, 0.4) is 0 Å². The minimum atomic E-state index is -0.700. The van der Waals surface area contributed by atoms with Crippen molar-refractivity contribution < 1.29 is 9.90 Å². The number of carbonyl (C=O) groups is 1. The highest BCUT2D eigenvalue weighted by Crippen LogP contribution is 2.11. The zero-order valence-electron chi connectivity index (χ0n) is 12.6. The van der Waals surface area contributed by atoms with Gasteiger partial charge in [-0.1, -0.05) is 53.6 Å². The van der Waals surface area contributed by atoms with Crippen molar-refractivity contribution in [2.45, 2.75) is 46.1 Å². The van der Waals surface area contributed by atoms with E-state index in [0.29, 0.717) is 5.56 Å². The smallest absolute Gasteiger partial charge is 0.165 e. The van der Waals surface area contributed by atoms with Gasteiger partial charge in [-0.2, -0.15) is 0 Å². The van der Waals surface area contributed by atoms with E-state index in [2.05, 4.69) is 19.9 Å². The molecule has 0 aliphatic carbocycles. The average molecular weight is 272 g/mol. The summed E-state index contributed by atoms with van der Waals surface area (Å²) in [7, 11) is 0. The molecule has 0 amide bonds. The molecule has 2 nitrogen and oxygen atoms in total. The van der Waals surface area contributed by atoms with Gasteiger partial charge in [0.1, 0.15) is 0 Å². The zero-order valence-corrected chi connectivity index (χ0v) is 12.6. The lowest BCUT2D eigenvalue weighted by atomic mass is 10.0. The van der Waals surface area contributed by atoms with Crippen LogP contribution in [0.25, 0.3) is 0 Å². The second kappa shape index (κ2) is 8.49. The summed E-state index contributed by atoms with van der Waals surface area (Å²) >= 11 is 0. The van der Waals surface area contributed by atoms with E-state index in [1.54, 1.807) is 18.2 Å². The molecule has 2 heteroatoms. The molecule has 0 aliphatic rings. The molecular formula is C18H24O2. The van der Waals surface area contributed by atoms with Gasteiger partial charge in [0.05, 0.1) is 6.10 Å². The van der Waals surface area contributed by atoms with Crippen LogP contribution in [0, 0.1) is 0 Å². The Morgan fingerprint density at radius 2 is 1.85 bits per heavy atom. The summed E-state index contributed by atoms with van der Waals surface area (Å²) in [5, 5.41) is 9.95. The van der Waals surface area contributed by atoms with Crippen molar-refractivity contribution in [3.63, 3.8) is 0 Å².